The molecule has 0 radical (unpaired) electrons. The number of anilines is 1. The molecule has 0 bridgehead atoms. The summed E-state index contributed by atoms with van der Waals surface area (Å²) in [6.07, 6.45) is 2.35. The summed E-state index contributed by atoms with van der Waals surface area (Å²) in [6.45, 7) is 6.76. The monoisotopic (exact) mass is 325 g/mol. The van der Waals surface area contributed by atoms with Crippen molar-refractivity contribution < 1.29 is 4.79 Å². The molecule has 2 rings (SSSR count). The largest absolute Gasteiger partial charge is 0.325 e. The molecule has 1 amide bonds. The number of halogens is 1. The van der Waals surface area contributed by atoms with Gasteiger partial charge in [-0.1, -0.05) is 26.0 Å². The number of likely N-dealkylation sites (N-methyl/N-ethyl adjacent to an activating group) is 1. The molecule has 1 aromatic carbocycles. The molecule has 5 heteroatoms. The van der Waals surface area contributed by atoms with Crippen molar-refractivity contribution in [2.24, 2.45) is 0 Å². The van der Waals surface area contributed by atoms with Gasteiger partial charge in [-0.15, -0.1) is 12.4 Å². The molecule has 22 heavy (non-hydrogen) atoms. The van der Waals surface area contributed by atoms with Crippen molar-refractivity contribution in [3.8, 4) is 0 Å². The molecule has 1 atom stereocenters. The van der Waals surface area contributed by atoms with Crippen molar-refractivity contribution in [1.82, 2.24) is 10.2 Å². The predicted octanol–water partition coefficient (Wildman–Crippen LogP) is 2.85. The van der Waals surface area contributed by atoms with E-state index in [1.54, 1.807) is 0 Å². The van der Waals surface area contributed by atoms with Gasteiger partial charge >= 0.3 is 0 Å². The van der Waals surface area contributed by atoms with Crippen LogP contribution in [-0.4, -0.2) is 43.5 Å². The highest BCUT2D eigenvalue weighted by atomic mass is 35.5. The van der Waals surface area contributed by atoms with Crippen LogP contribution in [0, 0.1) is 0 Å². The Morgan fingerprint density at radius 3 is 2.86 bits per heavy atom. The minimum atomic E-state index is 0. The highest BCUT2D eigenvalue weighted by Gasteiger charge is 2.20. The number of likely N-dealkylation sites (tertiary alicyclic amines) is 1. The summed E-state index contributed by atoms with van der Waals surface area (Å²) >= 11 is 0. The van der Waals surface area contributed by atoms with Gasteiger partial charge in [0.05, 0.1) is 6.54 Å². The van der Waals surface area contributed by atoms with Crippen molar-refractivity contribution in [1.29, 1.82) is 0 Å². The smallest absolute Gasteiger partial charge is 0.238 e. The number of nitrogens with one attached hydrogen (secondary N) is 2. The van der Waals surface area contributed by atoms with E-state index in [-0.39, 0.29) is 18.3 Å². The molecule has 0 spiro atoms. The highest BCUT2D eigenvalue weighted by molar-refractivity contribution is 5.92. The van der Waals surface area contributed by atoms with Crippen LogP contribution in [0.5, 0.6) is 0 Å². The molecule has 1 aromatic rings. The lowest BCUT2D eigenvalue weighted by atomic mass is 10.0. The van der Waals surface area contributed by atoms with Crippen LogP contribution in [0.2, 0.25) is 0 Å². The SMILES string of the molecule is CNC1CCCN(CC(=O)Nc2cccc(C(C)C)c2)C1.Cl. The Balaban J connectivity index is 0.00000242. The lowest BCUT2D eigenvalue weighted by molar-refractivity contribution is -0.117. The van der Waals surface area contributed by atoms with Crippen LogP contribution in [0.15, 0.2) is 24.3 Å². The van der Waals surface area contributed by atoms with E-state index in [0.717, 1.165) is 25.2 Å². The number of rotatable bonds is 5. The zero-order valence-corrected chi connectivity index (χ0v) is 14.6. The average molecular weight is 326 g/mol. The second kappa shape index (κ2) is 9.13. The Morgan fingerprint density at radius 1 is 1.41 bits per heavy atom. The molecule has 0 aromatic heterocycles. The minimum Gasteiger partial charge on any atom is -0.325 e. The summed E-state index contributed by atoms with van der Waals surface area (Å²) in [5.74, 6) is 0.549. The van der Waals surface area contributed by atoms with E-state index in [1.165, 1.54) is 12.0 Å². The lowest BCUT2D eigenvalue weighted by Crippen LogP contribution is -2.46. The first kappa shape index (κ1) is 18.9. The highest BCUT2D eigenvalue weighted by Crippen LogP contribution is 2.18. The molecule has 124 valence electrons. The van der Waals surface area contributed by atoms with E-state index in [1.807, 2.05) is 19.2 Å². The van der Waals surface area contributed by atoms with Gasteiger partial charge in [0.2, 0.25) is 5.91 Å². The standard InChI is InChI=1S/C17H27N3O.ClH/c1-13(2)14-6-4-7-15(10-14)19-17(21)12-20-9-5-8-16(11-20)18-3;/h4,6-7,10,13,16,18H,5,8-9,11-12H2,1-3H3,(H,19,21);1H. The number of benzene rings is 1. The third-order valence-electron chi connectivity index (χ3n) is 4.12. The topological polar surface area (TPSA) is 44.4 Å². The molecule has 1 unspecified atom stereocenters. The molecule has 1 saturated heterocycles. The van der Waals surface area contributed by atoms with Crippen molar-refractivity contribution in [3.05, 3.63) is 29.8 Å². The number of carbonyl (C=O) groups is 1. The van der Waals surface area contributed by atoms with Crippen LogP contribution in [0.3, 0.4) is 0 Å². The van der Waals surface area contributed by atoms with Crippen LogP contribution < -0.4 is 10.6 Å². The Morgan fingerprint density at radius 2 is 2.18 bits per heavy atom. The lowest BCUT2D eigenvalue weighted by Gasteiger charge is -2.31. The zero-order valence-electron chi connectivity index (χ0n) is 13.8. The van der Waals surface area contributed by atoms with Crippen molar-refractivity contribution in [2.45, 2.75) is 38.6 Å². The Bertz CT molecular complexity index is 479. The van der Waals surface area contributed by atoms with Gasteiger partial charge in [-0.3, -0.25) is 9.69 Å². The summed E-state index contributed by atoms with van der Waals surface area (Å²) < 4.78 is 0. The van der Waals surface area contributed by atoms with Gasteiger partial charge in [-0.25, -0.2) is 0 Å². The molecule has 0 aliphatic carbocycles. The third-order valence-corrected chi connectivity index (χ3v) is 4.12. The number of carbonyl (C=O) groups excluding carboxylic acids is 1. The first-order valence-corrected chi connectivity index (χ1v) is 7.88. The van der Waals surface area contributed by atoms with E-state index < -0.39 is 0 Å². The Kier molecular flexibility index (Phi) is 7.87. The van der Waals surface area contributed by atoms with E-state index >= 15 is 0 Å². The van der Waals surface area contributed by atoms with Gasteiger partial charge in [0.15, 0.2) is 0 Å². The maximum atomic E-state index is 12.2. The molecule has 1 fully saturated rings. The van der Waals surface area contributed by atoms with Gasteiger partial charge in [-0.2, -0.15) is 0 Å². The van der Waals surface area contributed by atoms with Gasteiger partial charge in [0.25, 0.3) is 0 Å². The van der Waals surface area contributed by atoms with E-state index in [0.29, 0.717) is 18.5 Å². The van der Waals surface area contributed by atoms with Crippen LogP contribution in [0.1, 0.15) is 38.2 Å². The predicted molar refractivity (Wildman–Crippen MR) is 94.9 cm³/mol. The molecule has 2 N–H and O–H groups in total. The quantitative estimate of drug-likeness (QED) is 0.875. The average Bonchev–Trinajstić information content (AvgIpc) is 2.47. The van der Waals surface area contributed by atoms with Crippen LogP contribution in [0.25, 0.3) is 0 Å². The summed E-state index contributed by atoms with van der Waals surface area (Å²) in [4.78, 5) is 14.4. The number of hydrogen-bond donors (Lipinski definition) is 2. The van der Waals surface area contributed by atoms with E-state index in [9.17, 15) is 4.79 Å². The van der Waals surface area contributed by atoms with Crippen molar-refractivity contribution >= 4 is 24.0 Å². The van der Waals surface area contributed by atoms with Crippen LogP contribution in [-0.2, 0) is 4.79 Å². The second-order valence-electron chi connectivity index (χ2n) is 6.19. The van der Waals surface area contributed by atoms with Crippen LogP contribution in [0.4, 0.5) is 5.69 Å². The molecule has 1 heterocycles. The van der Waals surface area contributed by atoms with Crippen molar-refractivity contribution in [2.75, 3.05) is 32.0 Å². The van der Waals surface area contributed by atoms with Gasteiger partial charge in [-0.05, 0) is 50.0 Å². The fourth-order valence-electron chi connectivity index (χ4n) is 2.81. The fraction of sp³-hybridized carbons (Fsp3) is 0.588. The summed E-state index contributed by atoms with van der Waals surface area (Å²) in [5.41, 5.74) is 2.15. The van der Waals surface area contributed by atoms with E-state index in [4.69, 9.17) is 0 Å². The molecular formula is C17H28ClN3O. The van der Waals surface area contributed by atoms with Gasteiger partial charge in [0, 0.05) is 18.3 Å². The molecule has 4 nitrogen and oxygen atoms in total. The van der Waals surface area contributed by atoms with Gasteiger partial charge < -0.3 is 10.6 Å². The summed E-state index contributed by atoms with van der Waals surface area (Å²) in [7, 11) is 1.99. The summed E-state index contributed by atoms with van der Waals surface area (Å²) in [5, 5.41) is 6.32. The normalized spacial score (nSPS) is 18.8. The zero-order chi connectivity index (χ0) is 15.2. The molecule has 1 aliphatic heterocycles. The Labute approximate surface area is 140 Å². The van der Waals surface area contributed by atoms with Crippen LogP contribution >= 0.6 is 12.4 Å². The minimum absolute atomic E-state index is 0. The number of hydrogen-bond acceptors (Lipinski definition) is 3. The second-order valence-corrected chi connectivity index (χ2v) is 6.19. The number of amides is 1. The summed E-state index contributed by atoms with van der Waals surface area (Å²) in [6, 6.07) is 8.63. The fourth-order valence-corrected chi connectivity index (χ4v) is 2.81. The maximum Gasteiger partial charge on any atom is 0.238 e. The third kappa shape index (κ3) is 5.59. The molecule has 0 saturated carbocycles. The number of piperidine rings is 1. The first-order valence-electron chi connectivity index (χ1n) is 7.88. The van der Waals surface area contributed by atoms with Gasteiger partial charge in [0.1, 0.15) is 0 Å². The van der Waals surface area contributed by atoms with Crippen molar-refractivity contribution in [3.63, 3.8) is 0 Å². The molecule has 1 aliphatic rings. The first-order chi connectivity index (χ1) is 10.1. The number of nitrogens with zero attached hydrogens (tertiary/aromatic N) is 1. The molecular weight excluding hydrogens is 298 g/mol. The Hall–Kier alpha value is -1.10. The van der Waals surface area contributed by atoms with E-state index in [2.05, 4.69) is 41.5 Å². The maximum absolute atomic E-state index is 12.2.